The maximum atomic E-state index is 13.0. The van der Waals surface area contributed by atoms with Gasteiger partial charge in [0.15, 0.2) is 0 Å². The highest BCUT2D eigenvalue weighted by atomic mass is 16.5. The molecule has 0 radical (unpaired) electrons. The molecule has 0 unspecified atom stereocenters. The van der Waals surface area contributed by atoms with Crippen molar-refractivity contribution in [2.45, 2.75) is 44.6 Å². The molecule has 6 nitrogen and oxygen atoms in total. The van der Waals surface area contributed by atoms with E-state index in [2.05, 4.69) is 20.7 Å². The fourth-order valence-electron chi connectivity index (χ4n) is 3.64. The average Bonchev–Trinajstić information content (AvgIpc) is 3.26. The lowest BCUT2D eigenvalue weighted by Gasteiger charge is -2.25. The molecule has 2 atom stereocenters. The Bertz CT molecular complexity index is 922. The summed E-state index contributed by atoms with van der Waals surface area (Å²) in [6.45, 7) is 2.71. The lowest BCUT2D eigenvalue weighted by molar-refractivity contribution is -0.123. The topological polar surface area (TPSA) is 79.9 Å². The van der Waals surface area contributed by atoms with E-state index in [9.17, 15) is 4.79 Å². The van der Waals surface area contributed by atoms with Crippen molar-refractivity contribution in [3.63, 3.8) is 0 Å². The van der Waals surface area contributed by atoms with Crippen molar-refractivity contribution in [3.05, 3.63) is 77.6 Å². The van der Waals surface area contributed by atoms with Gasteiger partial charge in [0.2, 0.25) is 5.91 Å². The highest BCUT2D eigenvalue weighted by Gasteiger charge is 2.22. The molecule has 30 heavy (non-hydrogen) atoms. The van der Waals surface area contributed by atoms with Crippen LogP contribution in [0.25, 0.3) is 0 Å². The third-order valence-corrected chi connectivity index (χ3v) is 5.88. The highest BCUT2D eigenvalue weighted by Crippen LogP contribution is 2.28. The molecule has 4 rings (SSSR count). The Kier molecular flexibility index (Phi) is 6.42. The molecule has 1 saturated carbocycles. The molecule has 1 aliphatic rings. The van der Waals surface area contributed by atoms with Crippen LogP contribution in [0.2, 0.25) is 0 Å². The number of carbonyl (C=O) groups excluding carboxylic acids is 1. The third-order valence-electron chi connectivity index (χ3n) is 5.88. The number of nitrogens with one attached hydrogen (secondary N) is 2. The van der Waals surface area contributed by atoms with Crippen molar-refractivity contribution in [1.82, 2.24) is 20.7 Å². The van der Waals surface area contributed by atoms with Gasteiger partial charge >= 0.3 is 0 Å². The second-order valence-electron chi connectivity index (χ2n) is 8.04. The predicted molar refractivity (Wildman–Crippen MR) is 115 cm³/mol. The molecule has 0 aliphatic heterocycles. The van der Waals surface area contributed by atoms with Gasteiger partial charge in [-0.3, -0.25) is 4.79 Å². The molecule has 156 valence electrons. The summed E-state index contributed by atoms with van der Waals surface area (Å²) in [5, 5.41) is 13.9. The van der Waals surface area contributed by atoms with Crippen molar-refractivity contribution in [2.75, 3.05) is 6.61 Å². The van der Waals surface area contributed by atoms with Crippen molar-refractivity contribution in [2.24, 2.45) is 5.92 Å². The smallest absolute Gasteiger partial charge is 0.227 e. The molecular formula is C24H28N4O2. The van der Waals surface area contributed by atoms with Gasteiger partial charge in [-0.15, -0.1) is 0 Å². The molecule has 1 amide bonds. The number of carbonyl (C=O) groups is 1. The summed E-state index contributed by atoms with van der Waals surface area (Å²) in [6, 6.07) is 17.6. The Labute approximate surface area is 177 Å². The summed E-state index contributed by atoms with van der Waals surface area (Å²) < 4.78 is 5.91. The van der Waals surface area contributed by atoms with E-state index in [1.807, 2.05) is 61.5 Å². The molecule has 1 fully saturated rings. The van der Waals surface area contributed by atoms with E-state index in [1.54, 1.807) is 6.20 Å². The van der Waals surface area contributed by atoms with E-state index in [0.717, 1.165) is 29.2 Å². The Morgan fingerprint density at radius 3 is 2.53 bits per heavy atom. The maximum absolute atomic E-state index is 13.0. The van der Waals surface area contributed by atoms with E-state index in [0.29, 0.717) is 12.3 Å². The van der Waals surface area contributed by atoms with E-state index in [4.69, 9.17) is 4.74 Å². The molecule has 2 N–H and O–H groups in total. The van der Waals surface area contributed by atoms with Gasteiger partial charge in [0.25, 0.3) is 0 Å². The van der Waals surface area contributed by atoms with Crippen LogP contribution < -0.4 is 10.1 Å². The molecule has 0 saturated heterocycles. The van der Waals surface area contributed by atoms with E-state index < -0.39 is 0 Å². The zero-order chi connectivity index (χ0) is 20.8. The van der Waals surface area contributed by atoms with Crippen LogP contribution in [-0.4, -0.2) is 27.9 Å². The van der Waals surface area contributed by atoms with Crippen molar-refractivity contribution < 1.29 is 9.53 Å². The third kappa shape index (κ3) is 5.06. The van der Waals surface area contributed by atoms with Crippen LogP contribution >= 0.6 is 0 Å². The summed E-state index contributed by atoms with van der Waals surface area (Å²) in [5.74, 6) is 1.31. The number of hydrogen-bond donors (Lipinski definition) is 2. The molecule has 1 heterocycles. The fraction of sp³-hybridized carbons (Fsp3) is 0.375. The molecule has 6 heteroatoms. The van der Waals surface area contributed by atoms with Crippen molar-refractivity contribution >= 4 is 5.91 Å². The number of nitrogens with zero attached hydrogens (tertiary/aromatic N) is 2. The normalized spacial score (nSPS) is 15.8. The number of rotatable bonds is 9. The van der Waals surface area contributed by atoms with Gasteiger partial charge in [-0.1, -0.05) is 48.9 Å². The van der Waals surface area contributed by atoms with Gasteiger partial charge in [0, 0.05) is 6.42 Å². The Morgan fingerprint density at radius 1 is 1.13 bits per heavy atom. The van der Waals surface area contributed by atoms with Gasteiger partial charge in [-0.2, -0.15) is 15.4 Å². The summed E-state index contributed by atoms with van der Waals surface area (Å²) in [6.07, 6.45) is 6.10. The molecule has 0 spiro atoms. The fourth-order valence-corrected chi connectivity index (χ4v) is 3.64. The molecule has 1 aromatic heterocycles. The number of H-pyrrole nitrogens is 1. The van der Waals surface area contributed by atoms with Crippen LogP contribution in [0.3, 0.4) is 0 Å². The summed E-state index contributed by atoms with van der Waals surface area (Å²) in [4.78, 5) is 13.0. The maximum Gasteiger partial charge on any atom is 0.227 e. The quantitative estimate of drug-likeness (QED) is 0.560. The molecule has 2 aromatic carbocycles. The van der Waals surface area contributed by atoms with Gasteiger partial charge in [0.1, 0.15) is 5.75 Å². The lowest BCUT2D eigenvalue weighted by atomic mass is 9.86. The Hall–Kier alpha value is -3.15. The number of aromatic nitrogens is 3. The van der Waals surface area contributed by atoms with Crippen molar-refractivity contribution in [3.8, 4) is 5.75 Å². The standard InChI is InChI=1S/C24H28N4O2/c1-17(19-8-3-2-4-9-19)24(29)26-23(14-21-15-25-28-27-21)20-10-12-22(13-11-20)30-16-18-6-5-7-18/h2-4,8-13,15,17-18,23H,5-7,14,16H2,1H3,(H,26,29)(H,25,27,28)/t17-,23-/m0/s1. The zero-order valence-corrected chi connectivity index (χ0v) is 17.3. The summed E-state index contributed by atoms with van der Waals surface area (Å²) in [5.41, 5.74) is 2.82. The second-order valence-corrected chi connectivity index (χ2v) is 8.04. The minimum Gasteiger partial charge on any atom is -0.493 e. The Balaban J connectivity index is 1.45. The number of aromatic amines is 1. The van der Waals surface area contributed by atoms with Gasteiger partial charge in [-0.05, 0) is 48.9 Å². The first-order chi connectivity index (χ1) is 14.7. The minimum atomic E-state index is -0.240. The largest absolute Gasteiger partial charge is 0.493 e. The van der Waals surface area contributed by atoms with Crippen LogP contribution in [0.5, 0.6) is 5.75 Å². The van der Waals surface area contributed by atoms with E-state index >= 15 is 0 Å². The van der Waals surface area contributed by atoms with Crippen LogP contribution in [0, 0.1) is 5.92 Å². The predicted octanol–water partition coefficient (Wildman–Crippen LogP) is 4.19. The molecular weight excluding hydrogens is 376 g/mol. The number of ether oxygens (including phenoxy) is 1. The minimum absolute atomic E-state index is 0.0139. The Morgan fingerprint density at radius 2 is 1.90 bits per heavy atom. The van der Waals surface area contributed by atoms with Crippen LogP contribution in [0.15, 0.2) is 60.8 Å². The van der Waals surface area contributed by atoms with Crippen molar-refractivity contribution in [1.29, 1.82) is 0 Å². The number of amides is 1. The first kappa shape index (κ1) is 20.1. The number of hydrogen-bond acceptors (Lipinski definition) is 4. The molecule has 3 aromatic rings. The molecule has 1 aliphatic carbocycles. The van der Waals surface area contributed by atoms with E-state index in [-0.39, 0.29) is 17.9 Å². The first-order valence-corrected chi connectivity index (χ1v) is 10.6. The van der Waals surface area contributed by atoms with Crippen LogP contribution in [0.1, 0.15) is 55.0 Å². The SMILES string of the molecule is C[C@H](C(=O)N[C@@H](Cc1cn[nH]n1)c1ccc(OCC2CCC2)cc1)c1ccccc1. The summed E-state index contributed by atoms with van der Waals surface area (Å²) >= 11 is 0. The van der Waals surface area contributed by atoms with Gasteiger partial charge < -0.3 is 10.1 Å². The lowest BCUT2D eigenvalue weighted by Crippen LogP contribution is -2.33. The van der Waals surface area contributed by atoms with E-state index in [1.165, 1.54) is 19.3 Å². The van der Waals surface area contributed by atoms with Gasteiger partial charge in [-0.25, -0.2) is 0 Å². The highest BCUT2D eigenvalue weighted by molar-refractivity contribution is 5.83. The number of benzene rings is 2. The zero-order valence-electron chi connectivity index (χ0n) is 17.3. The second kappa shape index (κ2) is 9.57. The first-order valence-electron chi connectivity index (χ1n) is 10.6. The summed E-state index contributed by atoms with van der Waals surface area (Å²) in [7, 11) is 0. The van der Waals surface area contributed by atoms with Crippen LogP contribution in [0.4, 0.5) is 0 Å². The van der Waals surface area contributed by atoms with Crippen LogP contribution in [-0.2, 0) is 11.2 Å². The molecule has 0 bridgehead atoms. The van der Waals surface area contributed by atoms with Gasteiger partial charge in [0.05, 0.1) is 30.5 Å². The monoisotopic (exact) mass is 404 g/mol. The average molecular weight is 405 g/mol.